The number of nitrogens with zero attached hydrogens (tertiary/aromatic N) is 3. The first kappa shape index (κ1) is 10.2. The molecule has 0 radical (unpaired) electrons. The summed E-state index contributed by atoms with van der Waals surface area (Å²) in [5.41, 5.74) is 2.82. The predicted molar refractivity (Wildman–Crippen MR) is 66.2 cm³/mol. The molecule has 2 N–H and O–H groups in total. The molecule has 4 rings (SSSR count). The molecule has 2 aromatic rings. The zero-order valence-corrected chi connectivity index (χ0v) is 10.1. The van der Waals surface area contributed by atoms with Crippen molar-refractivity contribution in [3.63, 3.8) is 0 Å². The Kier molecular flexibility index (Phi) is 2.05. The molecule has 1 aliphatic heterocycles. The van der Waals surface area contributed by atoms with Crippen LogP contribution in [0, 0.1) is 0 Å². The molecular formula is C13H15N5. The van der Waals surface area contributed by atoms with Crippen molar-refractivity contribution in [2.75, 3.05) is 13.1 Å². The number of hydrogen-bond donors (Lipinski definition) is 2. The van der Waals surface area contributed by atoms with Crippen LogP contribution in [0.5, 0.6) is 0 Å². The lowest BCUT2D eigenvalue weighted by Gasteiger charge is -2.27. The van der Waals surface area contributed by atoms with Crippen molar-refractivity contribution in [1.29, 1.82) is 0 Å². The van der Waals surface area contributed by atoms with Gasteiger partial charge in [0, 0.05) is 19.0 Å². The molecule has 1 aliphatic carbocycles. The van der Waals surface area contributed by atoms with Gasteiger partial charge in [0.25, 0.3) is 0 Å². The second kappa shape index (κ2) is 3.62. The van der Waals surface area contributed by atoms with Crippen molar-refractivity contribution in [3.8, 4) is 0 Å². The highest BCUT2D eigenvalue weighted by atomic mass is 15.5. The highest BCUT2D eigenvalue weighted by Crippen LogP contribution is 2.51. The number of rotatable bonds is 3. The van der Waals surface area contributed by atoms with E-state index in [1.807, 2.05) is 0 Å². The fourth-order valence-electron chi connectivity index (χ4n) is 2.75. The Hall–Kier alpha value is -1.75. The summed E-state index contributed by atoms with van der Waals surface area (Å²) >= 11 is 0. The van der Waals surface area contributed by atoms with Crippen LogP contribution in [0.3, 0.4) is 0 Å². The number of aromatic amines is 1. The molecule has 0 bridgehead atoms. The fourth-order valence-corrected chi connectivity index (χ4v) is 2.75. The highest BCUT2D eigenvalue weighted by molar-refractivity contribution is 5.40. The maximum absolute atomic E-state index is 4.09. The maximum atomic E-state index is 4.09. The third kappa shape index (κ3) is 1.40. The zero-order valence-electron chi connectivity index (χ0n) is 10.1. The van der Waals surface area contributed by atoms with Crippen molar-refractivity contribution in [3.05, 3.63) is 41.2 Å². The van der Waals surface area contributed by atoms with Gasteiger partial charge in [-0.05, 0) is 34.4 Å². The summed E-state index contributed by atoms with van der Waals surface area (Å²) in [4.78, 5) is 0. The number of benzene rings is 1. The molecular weight excluding hydrogens is 226 g/mol. The molecule has 0 amide bonds. The first-order valence-corrected chi connectivity index (χ1v) is 6.44. The zero-order chi connectivity index (χ0) is 12.0. The summed E-state index contributed by atoms with van der Waals surface area (Å²) in [7, 11) is 0. The number of tetrazole rings is 1. The van der Waals surface area contributed by atoms with Gasteiger partial charge in [0.05, 0.1) is 5.41 Å². The molecule has 0 spiro atoms. The predicted octanol–water partition coefficient (Wildman–Crippen LogP) is 0.966. The van der Waals surface area contributed by atoms with Crippen molar-refractivity contribution in [2.45, 2.75) is 24.2 Å². The highest BCUT2D eigenvalue weighted by Gasteiger charge is 2.49. The molecule has 1 saturated heterocycles. The lowest BCUT2D eigenvalue weighted by atomic mass is 9.89. The molecule has 2 heterocycles. The van der Waals surface area contributed by atoms with Crippen LogP contribution < -0.4 is 5.32 Å². The van der Waals surface area contributed by atoms with E-state index in [0.717, 1.165) is 31.8 Å². The van der Waals surface area contributed by atoms with E-state index in [2.05, 4.69) is 50.2 Å². The standard InChI is InChI=1S/C13H15N5/c1-3-11(4-2-9(1)10-7-14-8-10)13(5-6-13)12-15-17-18-16-12/h1-4,10,14H,5-8H2,(H,15,16,17,18). The molecule has 2 fully saturated rings. The molecule has 1 aromatic carbocycles. The Balaban J connectivity index is 1.65. The SMILES string of the molecule is c1cc(C2(c3nnn[nH]3)CC2)ccc1C1CNC1. The van der Waals surface area contributed by atoms with Crippen LogP contribution in [0.1, 0.15) is 35.7 Å². The Labute approximate surface area is 105 Å². The van der Waals surface area contributed by atoms with Gasteiger partial charge >= 0.3 is 0 Å². The second-order valence-corrected chi connectivity index (χ2v) is 5.31. The topological polar surface area (TPSA) is 66.5 Å². The summed E-state index contributed by atoms with van der Waals surface area (Å²) in [5.74, 6) is 1.60. The second-order valence-electron chi connectivity index (χ2n) is 5.31. The Morgan fingerprint density at radius 3 is 2.39 bits per heavy atom. The van der Waals surface area contributed by atoms with Gasteiger partial charge in [0.15, 0.2) is 5.82 Å². The van der Waals surface area contributed by atoms with Crippen LogP contribution >= 0.6 is 0 Å². The van der Waals surface area contributed by atoms with Crippen LogP contribution in [0.25, 0.3) is 0 Å². The number of H-pyrrole nitrogens is 1. The van der Waals surface area contributed by atoms with Crippen molar-refractivity contribution in [1.82, 2.24) is 25.9 Å². The van der Waals surface area contributed by atoms with E-state index >= 15 is 0 Å². The monoisotopic (exact) mass is 241 g/mol. The minimum Gasteiger partial charge on any atom is -0.315 e. The minimum atomic E-state index is 0.0554. The normalized spacial score (nSPS) is 21.6. The summed E-state index contributed by atoms with van der Waals surface area (Å²) in [6, 6.07) is 8.99. The van der Waals surface area contributed by atoms with Gasteiger partial charge in [-0.15, -0.1) is 5.10 Å². The molecule has 2 aliphatic rings. The van der Waals surface area contributed by atoms with Gasteiger partial charge in [-0.25, -0.2) is 5.10 Å². The van der Waals surface area contributed by atoms with Crippen LogP contribution in [0.2, 0.25) is 0 Å². The van der Waals surface area contributed by atoms with Gasteiger partial charge in [0.2, 0.25) is 0 Å². The molecule has 92 valence electrons. The summed E-state index contributed by atoms with van der Waals surface area (Å²) in [6.45, 7) is 2.22. The Morgan fingerprint density at radius 2 is 1.89 bits per heavy atom. The summed E-state index contributed by atoms with van der Waals surface area (Å²) in [5, 5.41) is 17.7. The first-order chi connectivity index (χ1) is 8.88. The maximum Gasteiger partial charge on any atom is 0.159 e. The van der Waals surface area contributed by atoms with E-state index in [1.165, 1.54) is 11.1 Å². The third-order valence-corrected chi connectivity index (χ3v) is 4.26. The van der Waals surface area contributed by atoms with E-state index in [9.17, 15) is 0 Å². The van der Waals surface area contributed by atoms with Crippen LogP contribution in [-0.4, -0.2) is 33.7 Å². The number of aromatic nitrogens is 4. The van der Waals surface area contributed by atoms with E-state index in [0.29, 0.717) is 5.92 Å². The fraction of sp³-hybridized carbons (Fsp3) is 0.462. The molecule has 1 aromatic heterocycles. The van der Waals surface area contributed by atoms with Crippen molar-refractivity contribution < 1.29 is 0 Å². The third-order valence-electron chi connectivity index (χ3n) is 4.26. The van der Waals surface area contributed by atoms with Gasteiger partial charge < -0.3 is 5.32 Å². The minimum absolute atomic E-state index is 0.0554. The van der Waals surface area contributed by atoms with E-state index in [-0.39, 0.29) is 5.41 Å². The van der Waals surface area contributed by atoms with Crippen molar-refractivity contribution >= 4 is 0 Å². The molecule has 0 atom stereocenters. The smallest absolute Gasteiger partial charge is 0.159 e. The van der Waals surface area contributed by atoms with Crippen LogP contribution in [-0.2, 0) is 5.41 Å². The van der Waals surface area contributed by atoms with Crippen LogP contribution in [0.15, 0.2) is 24.3 Å². The number of nitrogens with one attached hydrogen (secondary N) is 2. The Morgan fingerprint density at radius 1 is 1.11 bits per heavy atom. The van der Waals surface area contributed by atoms with E-state index in [1.54, 1.807) is 0 Å². The van der Waals surface area contributed by atoms with E-state index < -0.39 is 0 Å². The summed E-state index contributed by atoms with van der Waals surface area (Å²) < 4.78 is 0. The molecule has 0 unspecified atom stereocenters. The van der Waals surface area contributed by atoms with Gasteiger partial charge in [-0.2, -0.15) is 0 Å². The molecule has 5 heteroatoms. The Bertz CT molecular complexity index is 537. The quantitative estimate of drug-likeness (QED) is 0.840. The summed E-state index contributed by atoms with van der Waals surface area (Å²) in [6.07, 6.45) is 2.27. The largest absolute Gasteiger partial charge is 0.315 e. The molecule has 1 saturated carbocycles. The van der Waals surface area contributed by atoms with Gasteiger partial charge in [-0.3, -0.25) is 0 Å². The molecule has 18 heavy (non-hydrogen) atoms. The average molecular weight is 241 g/mol. The van der Waals surface area contributed by atoms with Gasteiger partial charge in [-0.1, -0.05) is 24.3 Å². The van der Waals surface area contributed by atoms with Crippen LogP contribution in [0.4, 0.5) is 0 Å². The average Bonchev–Trinajstić information content (AvgIpc) is 2.96. The lowest BCUT2D eigenvalue weighted by molar-refractivity contribution is 0.448. The lowest BCUT2D eigenvalue weighted by Crippen LogP contribution is -2.39. The van der Waals surface area contributed by atoms with Crippen molar-refractivity contribution in [2.24, 2.45) is 0 Å². The van der Waals surface area contributed by atoms with Gasteiger partial charge in [0.1, 0.15) is 0 Å². The van der Waals surface area contributed by atoms with E-state index in [4.69, 9.17) is 0 Å². The molecule has 5 nitrogen and oxygen atoms in total. The number of hydrogen-bond acceptors (Lipinski definition) is 4. The first-order valence-electron chi connectivity index (χ1n) is 6.44.